The number of carbonyl (C=O) groups is 6. The van der Waals surface area contributed by atoms with Crippen LogP contribution in [0.1, 0.15) is 24.0 Å². The molecule has 9 N–H and O–H groups in total. The Hall–Kier alpha value is -4.78. The topological polar surface area (TPSA) is 231 Å². The van der Waals surface area contributed by atoms with Crippen LogP contribution in [0.3, 0.4) is 0 Å². The smallest absolute Gasteiger partial charge is 0.326 e. The van der Waals surface area contributed by atoms with Gasteiger partial charge in [-0.2, -0.15) is 0 Å². The molecule has 4 amide bonds. The lowest BCUT2D eigenvalue weighted by molar-refractivity contribution is -0.143. The largest absolute Gasteiger partial charge is 0.481 e. The van der Waals surface area contributed by atoms with E-state index in [0.29, 0.717) is 5.56 Å². The number of carboxylic acid groups (broad SMARTS) is 2. The third-order valence-corrected chi connectivity index (χ3v) is 5.58. The molecule has 13 heteroatoms. The van der Waals surface area contributed by atoms with Crippen molar-refractivity contribution < 1.29 is 39.0 Å². The molecule has 2 rings (SSSR count). The van der Waals surface area contributed by atoms with Gasteiger partial charge in [-0.25, -0.2) is 4.79 Å². The molecule has 0 aromatic heterocycles. The second kappa shape index (κ2) is 14.8. The van der Waals surface area contributed by atoms with Crippen LogP contribution in [-0.4, -0.2) is 69.9 Å². The maximum atomic E-state index is 12.9. The van der Waals surface area contributed by atoms with Gasteiger partial charge in [-0.1, -0.05) is 60.7 Å². The van der Waals surface area contributed by atoms with Crippen molar-refractivity contribution in [3.63, 3.8) is 0 Å². The van der Waals surface area contributed by atoms with Crippen molar-refractivity contribution in [3.8, 4) is 0 Å². The summed E-state index contributed by atoms with van der Waals surface area (Å²) >= 11 is 0. The van der Waals surface area contributed by atoms with Gasteiger partial charge in [0.05, 0.1) is 18.9 Å². The number of amides is 4. The quantitative estimate of drug-likeness (QED) is 0.142. The van der Waals surface area contributed by atoms with E-state index in [0.717, 1.165) is 5.56 Å². The molecule has 0 saturated heterocycles. The molecule has 4 unspecified atom stereocenters. The maximum absolute atomic E-state index is 12.9. The van der Waals surface area contributed by atoms with Crippen LogP contribution in [0, 0.1) is 0 Å². The number of hydrogen-bond acceptors (Lipinski definition) is 7. The van der Waals surface area contributed by atoms with Gasteiger partial charge in [-0.3, -0.25) is 24.0 Å². The first-order valence-corrected chi connectivity index (χ1v) is 11.9. The monoisotopic (exact) mass is 541 g/mol. The van der Waals surface area contributed by atoms with Crippen molar-refractivity contribution in [3.05, 3.63) is 71.8 Å². The Morgan fingerprint density at radius 3 is 1.54 bits per heavy atom. The molecule has 0 saturated carbocycles. The predicted molar refractivity (Wildman–Crippen MR) is 138 cm³/mol. The molecule has 13 nitrogen and oxygen atoms in total. The van der Waals surface area contributed by atoms with Crippen molar-refractivity contribution in [2.24, 2.45) is 11.5 Å². The zero-order chi connectivity index (χ0) is 28.9. The molecular formula is C26H31N5O8. The lowest BCUT2D eigenvalue weighted by atomic mass is 10.0. The number of carboxylic acids is 2. The van der Waals surface area contributed by atoms with Crippen LogP contribution < -0.4 is 27.4 Å². The molecular weight excluding hydrogens is 510 g/mol. The van der Waals surface area contributed by atoms with E-state index < -0.39 is 72.6 Å². The van der Waals surface area contributed by atoms with Gasteiger partial charge in [-0.05, 0) is 17.5 Å². The molecule has 208 valence electrons. The Bertz CT molecular complexity index is 1180. The van der Waals surface area contributed by atoms with Gasteiger partial charge >= 0.3 is 11.9 Å². The second-order valence-corrected chi connectivity index (χ2v) is 8.78. The molecule has 39 heavy (non-hydrogen) atoms. The summed E-state index contributed by atoms with van der Waals surface area (Å²) in [6, 6.07) is 11.4. The molecule has 0 spiro atoms. The van der Waals surface area contributed by atoms with Gasteiger partial charge in [0, 0.05) is 6.42 Å². The van der Waals surface area contributed by atoms with E-state index in [1.807, 2.05) is 0 Å². The normalized spacial score (nSPS) is 13.7. The summed E-state index contributed by atoms with van der Waals surface area (Å²) in [5.74, 6) is -6.74. The maximum Gasteiger partial charge on any atom is 0.326 e. The number of carbonyl (C=O) groups excluding carboxylic acids is 4. The summed E-state index contributed by atoms with van der Waals surface area (Å²) in [6.07, 6.45) is -1.54. The van der Waals surface area contributed by atoms with Crippen LogP contribution in [0.4, 0.5) is 0 Å². The fourth-order valence-electron chi connectivity index (χ4n) is 3.63. The van der Waals surface area contributed by atoms with Gasteiger partial charge < -0.3 is 37.6 Å². The number of nitrogens with two attached hydrogens (primary N) is 2. The minimum atomic E-state index is -1.65. The molecule has 0 aliphatic carbocycles. The second-order valence-electron chi connectivity index (χ2n) is 8.78. The Labute approximate surface area is 223 Å². The minimum absolute atomic E-state index is 0.0872. The minimum Gasteiger partial charge on any atom is -0.481 e. The zero-order valence-corrected chi connectivity index (χ0v) is 20.9. The van der Waals surface area contributed by atoms with Crippen molar-refractivity contribution in [2.75, 3.05) is 0 Å². The first-order valence-electron chi connectivity index (χ1n) is 11.9. The standard InChI is InChI=1S/C26H31N5O8/c27-17(11-15-7-3-1-4-8-15)23(35)29-19(14-22(33)34)25(37)30-18(13-21(28)32)24(36)31-20(26(38)39)12-16-9-5-2-6-10-16/h1-10,17-20H,11-14,27H2,(H2,28,32)(H,29,35)(H,30,37)(H,31,36)(H,33,34)(H,38,39). The number of rotatable bonds is 15. The summed E-state index contributed by atoms with van der Waals surface area (Å²) in [5, 5.41) is 25.5. The molecule has 2 aromatic carbocycles. The van der Waals surface area contributed by atoms with E-state index in [2.05, 4.69) is 16.0 Å². The lowest BCUT2D eigenvalue weighted by Crippen LogP contribution is -2.58. The third-order valence-electron chi connectivity index (χ3n) is 5.58. The highest BCUT2D eigenvalue weighted by molar-refractivity contribution is 5.97. The highest BCUT2D eigenvalue weighted by atomic mass is 16.4. The average molecular weight is 542 g/mol. The van der Waals surface area contributed by atoms with Gasteiger partial charge in [0.2, 0.25) is 23.6 Å². The molecule has 0 radical (unpaired) electrons. The SMILES string of the molecule is NC(=O)CC(NC(=O)C(CC(=O)O)NC(=O)C(N)Cc1ccccc1)C(=O)NC(Cc1ccccc1)C(=O)O. The van der Waals surface area contributed by atoms with Crippen molar-refractivity contribution in [2.45, 2.75) is 49.9 Å². The van der Waals surface area contributed by atoms with E-state index in [1.165, 1.54) is 0 Å². The van der Waals surface area contributed by atoms with E-state index >= 15 is 0 Å². The highest BCUT2D eigenvalue weighted by Gasteiger charge is 2.32. The average Bonchev–Trinajstić information content (AvgIpc) is 2.88. The molecule has 0 heterocycles. The number of hydrogen-bond donors (Lipinski definition) is 7. The van der Waals surface area contributed by atoms with Crippen LogP contribution in [-0.2, 0) is 41.6 Å². The van der Waals surface area contributed by atoms with Crippen molar-refractivity contribution in [1.29, 1.82) is 0 Å². The van der Waals surface area contributed by atoms with Gasteiger partial charge in [0.1, 0.15) is 18.1 Å². The van der Waals surface area contributed by atoms with Crippen LogP contribution in [0.2, 0.25) is 0 Å². The van der Waals surface area contributed by atoms with E-state index in [-0.39, 0.29) is 12.8 Å². The van der Waals surface area contributed by atoms with E-state index in [4.69, 9.17) is 11.5 Å². The number of benzene rings is 2. The fraction of sp³-hybridized carbons (Fsp3) is 0.308. The van der Waals surface area contributed by atoms with Crippen LogP contribution in [0.25, 0.3) is 0 Å². The van der Waals surface area contributed by atoms with Crippen LogP contribution in [0.15, 0.2) is 60.7 Å². The van der Waals surface area contributed by atoms with E-state index in [9.17, 15) is 39.0 Å². The fourth-order valence-corrected chi connectivity index (χ4v) is 3.63. The van der Waals surface area contributed by atoms with Gasteiger partial charge in [0.25, 0.3) is 0 Å². The predicted octanol–water partition coefficient (Wildman–Crippen LogP) is -1.31. The Morgan fingerprint density at radius 2 is 1.08 bits per heavy atom. The number of nitrogens with one attached hydrogen (secondary N) is 3. The summed E-state index contributed by atoms with van der Waals surface area (Å²) < 4.78 is 0. The van der Waals surface area contributed by atoms with Crippen LogP contribution >= 0.6 is 0 Å². The molecule has 2 aromatic rings. The number of primary amides is 1. The summed E-state index contributed by atoms with van der Waals surface area (Å²) in [4.78, 5) is 73.1. The Morgan fingerprint density at radius 1 is 0.641 bits per heavy atom. The first kappa shape index (κ1) is 30.4. The van der Waals surface area contributed by atoms with E-state index in [1.54, 1.807) is 60.7 Å². The molecule has 0 aliphatic rings. The summed E-state index contributed by atoms with van der Waals surface area (Å²) in [5.41, 5.74) is 12.5. The van der Waals surface area contributed by atoms with Crippen molar-refractivity contribution >= 4 is 35.6 Å². The summed E-state index contributed by atoms with van der Waals surface area (Å²) in [7, 11) is 0. The lowest BCUT2D eigenvalue weighted by Gasteiger charge is -2.24. The van der Waals surface area contributed by atoms with Crippen molar-refractivity contribution in [1.82, 2.24) is 16.0 Å². The molecule has 0 aliphatic heterocycles. The molecule has 0 fully saturated rings. The third kappa shape index (κ3) is 10.6. The Kier molecular flexibility index (Phi) is 11.6. The Balaban J connectivity index is 2.13. The van der Waals surface area contributed by atoms with Crippen LogP contribution in [0.5, 0.6) is 0 Å². The highest BCUT2D eigenvalue weighted by Crippen LogP contribution is 2.06. The first-order chi connectivity index (χ1) is 18.5. The molecule has 4 atom stereocenters. The number of aliphatic carboxylic acids is 2. The summed E-state index contributed by atoms with van der Waals surface area (Å²) in [6.45, 7) is 0. The van der Waals surface area contributed by atoms with Gasteiger partial charge in [0.15, 0.2) is 0 Å². The molecule has 0 bridgehead atoms. The zero-order valence-electron chi connectivity index (χ0n) is 20.9. The van der Waals surface area contributed by atoms with Gasteiger partial charge in [-0.15, -0.1) is 0 Å².